The predicted molar refractivity (Wildman–Crippen MR) is 98.5 cm³/mol. The monoisotopic (exact) mass is 381 g/mol. The summed E-state index contributed by atoms with van der Waals surface area (Å²) < 4.78 is 0. The molecular weight excluding hydrogens is 361 g/mol. The number of likely N-dealkylation sites (N-methyl/N-ethyl adjacent to an activating group) is 1. The number of nitrogens with zero attached hydrogens (tertiary/aromatic N) is 2. The molecule has 0 aromatic heterocycles. The first-order valence-electron chi connectivity index (χ1n) is 8.26. The molecule has 0 unspecified atom stereocenters. The molecule has 0 saturated heterocycles. The third kappa shape index (κ3) is 2.89. The molecule has 7 heteroatoms. The maximum atomic E-state index is 13.1. The minimum atomic E-state index is -0.596. The van der Waals surface area contributed by atoms with E-state index >= 15 is 0 Å². The Bertz CT molecular complexity index is 776. The minimum Gasteiger partial charge on any atom is -0.330 e. The summed E-state index contributed by atoms with van der Waals surface area (Å²) in [4.78, 5) is 28.9. The summed E-state index contributed by atoms with van der Waals surface area (Å²) in [5.74, 6) is 0.247. The highest BCUT2D eigenvalue weighted by Gasteiger charge is 2.45. The van der Waals surface area contributed by atoms with Crippen LogP contribution in [-0.4, -0.2) is 41.4 Å². The van der Waals surface area contributed by atoms with Crippen LogP contribution in [0.4, 0.5) is 4.79 Å². The Kier molecular flexibility index (Phi) is 4.73. The maximum absolute atomic E-state index is 13.1. The van der Waals surface area contributed by atoms with Crippen molar-refractivity contribution >= 4 is 35.1 Å². The Morgan fingerprint density at radius 1 is 1.20 bits per heavy atom. The van der Waals surface area contributed by atoms with Gasteiger partial charge in [0, 0.05) is 13.1 Å². The van der Waals surface area contributed by atoms with Crippen LogP contribution in [0.5, 0.6) is 0 Å². The summed E-state index contributed by atoms with van der Waals surface area (Å²) in [6, 6.07) is 4.45. The predicted octanol–water partition coefficient (Wildman–Crippen LogP) is 3.83. The minimum absolute atomic E-state index is 0.0657. The van der Waals surface area contributed by atoms with Crippen LogP contribution in [0.1, 0.15) is 32.4 Å². The van der Waals surface area contributed by atoms with Gasteiger partial charge >= 0.3 is 6.03 Å². The second-order valence-electron chi connectivity index (χ2n) is 6.86. The summed E-state index contributed by atoms with van der Waals surface area (Å²) in [5, 5.41) is 3.63. The number of nitrogens with one attached hydrogen (secondary N) is 1. The van der Waals surface area contributed by atoms with Crippen LogP contribution >= 0.6 is 23.2 Å². The molecule has 3 amide bonds. The van der Waals surface area contributed by atoms with Crippen molar-refractivity contribution in [1.29, 1.82) is 0 Å². The van der Waals surface area contributed by atoms with Crippen LogP contribution in [0.3, 0.4) is 0 Å². The van der Waals surface area contributed by atoms with E-state index in [0.717, 1.165) is 5.70 Å². The van der Waals surface area contributed by atoms with E-state index in [1.165, 1.54) is 4.90 Å². The van der Waals surface area contributed by atoms with E-state index in [0.29, 0.717) is 33.6 Å². The molecule has 1 aromatic carbocycles. The summed E-state index contributed by atoms with van der Waals surface area (Å²) in [6.45, 7) is 6.60. The molecule has 2 atom stereocenters. The lowest BCUT2D eigenvalue weighted by Crippen LogP contribution is -2.45. The van der Waals surface area contributed by atoms with Gasteiger partial charge in [-0.3, -0.25) is 9.69 Å². The number of urea groups is 1. The van der Waals surface area contributed by atoms with Gasteiger partial charge in [0.15, 0.2) is 0 Å². The number of hydrogen-bond acceptors (Lipinski definition) is 2. The van der Waals surface area contributed by atoms with E-state index < -0.39 is 6.04 Å². The Morgan fingerprint density at radius 3 is 2.52 bits per heavy atom. The van der Waals surface area contributed by atoms with Crippen molar-refractivity contribution in [2.45, 2.75) is 32.9 Å². The van der Waals surface area contributed by atoms with Gasteiger partial charge in [0.1, 0.15) is 0 Å². The first-order chi connectivity index (χ1) is 11.7. The fraction of sp³-hybridized carbons (Fsp3) is 0.444. The fourth-order valence-corrected chi connectivity index (χ4v) is 3.67. The third-order valence-electron chi connectivity index (χ3n) is 5.14. The molecular formula is C18H21Cl2N3O2. The number of carbonyl (C=O) groups is 2. The van der Waals surface area contributed by atoms with Crippen LogP contribution in [-0.2, 0) is 4.79 Å². The lowest BCUT2D eigenvalue weighted by molar-refractivity contribution is -0.128. The number of hydrogen-bond donors (Lipinski definition) is 1. The molecule has 0 aliphatic carbocycles. The molecule has 0 fully saturated rings. The first-order valence-corrected chi connectivity index (χ1v) is 9.01. The zero-order chi connectivity index (χ0) is 18.5. The molecule has 0 radical (unpaired) electrons. The molecule has 1 N–H and O–H groups in total. The van der Waals surface area contributed by atoms with Gasteiger partial charge in [-0.2, -0.15) is 0 Å². The van der Waals surface area contributed by atoms with Crippen molar-refractivity contribution in [2.24, 2.45) is 5.92 Å². The van der Waals surface area contributed by atoms with Crippen molar-refractivity contribution in [2.75, 3.05) is 13.6 Å². The molecule has 0 bridgehead atoms. The molecule has 0 spiro atoms. The highest BCUT2D eigenvalue weighted by Crippen LogP contribution is 2.40. The number of halogens is 2. The highest BCUT2D eigenvalue weighted by molar-refractivity contribution is 6.42. The first kappa shape index (κ1) is 18.1. The summed E-state index contributed by atoms with van der Waals surface area (Å²) in [7, 11) is 1.68. The highest BCUT2D eigenvalue weighted by atomic mass is 35.5. The fourth-order valence-electron chi connectivity index (χ4n) is 3.25. The largest absolute Gasteiger partial charge is 0.330 e. The summed E-state index contributed by atoms with van der Waals surface area (Å²) in [6.07, 6.45) is 0. The van der Waals surface area contributed by atoms with Crippen LogP contribution in [0.15, 0.2) is 29.5 Å². The van der Waals surface area contributed by atoms with E-state index in [4.69, 9.17) is 23.2 Å². The maximum Gasteiger partial charge on any atom is 0.322 e. The van der Waals surface area contributed by atoms with Gasteiger partial charge in [0.25, 0.3) is 5.91 Å². The second kappa shape index (κ2) is 6.54. The van der Waals surface area contributed by atoms with Gasteiger partial charge in [0.2, 0.25) is 0 Å². The molecule has 2 aliphatic heterocycles. The van der Waals surface area contributed by atoms with E-state index in [9.17, 15) is 9.59 Å². The summed E-state index contributed by atoms with van der Waals surface area (Å²) in [5.41, 5.74) is 1.93. The van der Waals surface area contributed by atoms with Crippen molar-refractivity contribution in [3.8, 4) is 0 Å². The zero-order valence-corrected chi connectivity index (χ0v) is 16.1. The Morgan fingerprint density at radius 2 is 1.88 bits per heavy atom. The topological polar surface area (TPSA) is 52.7 Å². The Balaban J connectivity index is 2.08. The van der Waals surface area contributed by atoms with Gasteiger partial charge < -0.3 is 10.2 Å². The molecule has 2 heterocycles. The van der Waals surface area contributed by atoms with Crippen LogP contribution in [0, 0.1) is 5.92 Å². The Hall–Kier alpha value is -1.72. The lowest BCUT2D eigenvalue weighted by atomic mass is 9.95. The second-order valence-corrected chi connectivity index (χ2v) is 7.65. The average Bonchev–Trinajstić information content (AvgIpc) is 2.91. The molecule has 134 valence electrons. The standard InChI is InChI=1S/C18H21Cl2N3O2/c1-9(2)10(3)23-8-13-14(17(23)24)16(21-18(25)22(13)4)11-6-5-7-12(19)15(11)20/h5-7,9-10,16H,8H2,1-4H3,(H,21,25)/t10-,16-/m1/s1. The molecule has 3 rings (SSSR count). The van der Waals surface area contributed by atoms with Crippen molar-refractivity contribution in [3.05, 3.63) is 45.1 Å². The number of rotatable bonds is 3. The smallest absolute Gasteiger partial charge is 0.322 e. The lowest BCUT2D eigenvalue weighted by Gasteiger charge is -2.31. The van der Waals surface area contributed by atoms with Crippen LogP contribution in [0.2, 0.25) is 10.0 Å². The third-order valence-corrected chi connectivity index (χ3v) is 5.97. The van der Waals surface area contributed by atoms with Gasteiger partial charge in [-0.1, -0.05) is 49.2 Å². The Labute approximate surface area is 157 Å². The number of benzene rings is 1. The van der Waals surface area contributed by atoms with Gasteiger partial charge in [-0.05, 0) is 24.5 Å². The van der Waals surface area contributed by atoms with Crippen molar-refractivity contribution in [3.63, 3.8) is 0 Å². The van der Waals surface area contributed by atoms with Crippen molar-refractivity contribution in [1.82, 2.24) is 15.1 Å². The van der Waals surface area contributed by atoms with Gasteiger partial charge in [-0.15, -0.1) is 0 Å². The average molecular weight is 382 g/mol. The van der Waals surface area contributed by atoms with Gasteiger partial charge in [0.05, 0.1) is 33.9 Å². The van der Waals surface area contributed by atoms with Crippen molar-refractivity contribution < 1.29 is 9.59 Å². The van der Waals surface area contributed by atoms with E-state index in [1.807, 2.05) is 11.8 Å². The molecule has 25 heavy (non-hydrogen) atoms. The van der Waals surface area contributed by atoms with Gasteiger partial charge in [-0.25, -0.2) is 4.79 Å². The normalized spacial score (nSPS) is 21.8. The van der Waals surface area contributed by atoms with E-state index in [1.54, 1.807) is 25.2 Å². The van der Waals surface area contributed by atoms with Crippen LogP contribution < -0.4 is 5.32 Å². The van der Waals surface area contributed by atoms with Crippen LogP contribution in [0.25, 0.3) is 0 Å². The SMILES string of the molecule is CC(C)[C@@H](C)N1CC2=C(C1=O)[C@@H](c1cccc(Cl)c1Cl)NC(=O)N2C. The molecule has 1 aromatic rings. The van der Waals surface area contributed by atoms with E-state index in [-0.39, 0.29) is 18.0 Å². The van der Waals surface area contributed by atoms with E-state index in [2.05, 4.69) is 19.2 Å². The number of amides is 3. The molecule has 5 nitrogen and oxygen atoms in total. The number of carbonyl (C=O) groups excluding carboxylic acids is 2. The molecule has 0 saturated carbocycles. The zero-order valence-electron chi connectivity index (χ0n) is 14.6. The molecule has 2 aliphatic rings. The quantitative estimate of drug-likeness (QED) is 0.864. The summed E-state index contributed by atoms with van der Waals surface area (Å²) >= 11 is 12.5.